The van der Waals surface area contributed by atoms with Gasteiger partial charge in [-0.25, -0.2) is 4.68 Å². The topological polar surface area (TPSA) is 63.9 Å². The molecule has 0 spiro atoms. The van der Waals surface area contributed by atoms with Gasteiger partial charge in [-0.05, 0) is 39.6 Å². The number of rotatable bonds is 3. The molecule has 1 atom stereocenters. The first kappa shape index (κ1) is 13.9. The van der Waals surface area contributed by atoms with Crippen LogP contribution in [-0.2, 0) is 11.3 Å². The summed E-state index contributed by atoms with van der Waals surface area (Å²) in [6.45, 7) is 0.975. The largest absolute Gasteiger partial charge is 0.334 e. The summed E-state index contributed by atoms with van der Waals surface area (Å²) in [7, 11) is 0. The number of benzene rings is 2. The quantitative estimate of drug-likeness (QED) is 0.744. The molecule has 1 saturated heterocycles. The van der Waals surface area contributed by atoms with E-state index >= 15 is 0 Å². The lowest BCUT2D eigenvalue weighted by atomic mass is 9.97. The number of amides is 1. The third-order valence-corrected chi connectivity index (χ3v) is 4.44. The Kier molecular flexibility index (Phi) is 3.49. The van der Waals surface area contributed by atoms with Crippen LogP contribution in [0.3, 0.4) is 0 Å². The van der Waals surface area contributed by atoms with Crippen LogP contribution in [-0.4, -0.2) is 37.6 Å². The molecule has 2 heterocycles. The molecule has 3 aromatic rings. The maximum Gasteiger partial charge on any atom is 0.244 e. The van der Waals surface area contributed by atoms with E-state index in [1.165, 1.54) is 27.3 Å². The normalized spacial score (nSPS) is 17.7. The van der Waals surface area contributed by atoms with Gasteiger partial charge in [-0.1, -0.05) is 42.5 Å². The highest BCUT2D eigenvalue weighted by Gasteiger charge is 2.30. The van der Waals surface area contributed by atoms with E-state index in [4.69, 9.17) is 0 Å². The second-order valence-electron chi connectivity index (χ2n) is 5.82. The lowest BCUT2D eigenvalue weighted by molar-refractivity contribution is -0.133. The van der Waals surface area contributed by atoms with Gasteiger partial charge in [-0.2, -0.15) is 0 Å². The molecule has 23 heavy (non-hydrogen) atoms. The maximum atomic E-state index is 12.6. The van der Waals surface area contributed by atoms with E-state index in [1.54, 1.807) is 0 Å². The molecule has 0 saturated carbocycles. The predicted octanol–water partition coefficient (Wildman–Crippen LogP) is 2.19. The van der Waals surface area contributed by atoms with E-state index in [9.17, 15) is 4.79 Å². The summed E-state index contributed by atoms with van der Waals surface area (Å²) in [4.78, 5) is 14.6. The first-order valence-electron chi connectivity index (χ1n) is 7.81. The maximum absolute atomic E-state index is 12.6. The monoisotopic (exact) mass is 307 g/mol. The van der Waals surface area contributed by atoms with Crippen LogP contribution >= 0.6 is 0 Å². The van der Waals surface area contributed by atoms with Gasteiger partial charge in [0, 0.05) is 6.54 Å². The molecule has 1 aliphatic heterocycles. The number of likely N-dealkylation sites (tertiary alicyclic amines) is 1. The first-order valence-corrected chi connectivity index (χ1v) is 7.81. The van der Waals surface area contributed by atoms with Crippen molar-refractivity contribution in [1.29, 1.82) is 0 Å². The van der Waals surface area contributed by atoms with E-state index in [2.05, 4.69) is 45.9 Å². The molecule has 0 radical (unpaired) electrons. The number of nitrogens with zero attached hydrogens (tertiary/aromatic N) is 5. The van der Waals surface area contributed by atoms with E-state index in [0.29, 0.717) is 0 Å². The average molecular weight is 307 g/mol. The molecule has 1 aliphatic rings. The van der Waals surface area contributed by atoms with Crippen molar-refractivity contribution in [3.8, 4) is 0 Å². The Morgan fingerprint density at radius 2 is 2.04 bits per heavy atom. The number of carbonyl (C=O) groups excluding carboxylic acids is 1. The summed E-state index contributed by atoms with van der Waals surface area (Å²) in [6, 6.07) is 14.8. The molecule has 4 rings (SSSR count). The number of hydrogen-bond donors (Lipinski definition) is 0. The number of fused-ring (bicyclic) bond motifs is 1. The fraction of sp³-hybridized carbons (Fsp3) is 0.294. The number of tetrazole rings is 1. The van der Waals surface area contributed by atoms with Gasteiger partial charge in [0.2, 0.25) is 5.91 Å². The van der Waals surface area contributed by atoms with Gasteiger partial charge in [-0.15, -0.1) is 5.10 Å². The van der Waals surface area contributed by atoms with Crippen molar-refractivity contribution in [2.45, 2.75) is 25.4 Å². The van der Waals surface area contributed by atoms with E-state index in [0.717, 1.165) is 19.4 Å². The van der Waals surface area contributed by atoms with Crippen molar-refractivity contribution in [1.82, 2.24) is 25.1 Å². The molecule has 1 aromatic heterocycles. The van der Waals surface area contributed by atoms with Crippen molar-refractivity contribution < 1.29 is 4.79 Å². The highest BCUT2D eigenvalue weighted by atomic mass is 16.2. The number of aromatic nitrogens is 4. The minimum atomic E-state index is 0.0627. The van der Waals surface area contributed by atoms with Crippen LogP contribution in [0.4, 0.5) is 0 Å². The fourth-order valence-electron chi connectivity index (χ4n) is 3.41. The third-order valence-electron chi connectivity index (χ3n) is 4.44. The molecule has 0 N–H and O–H groups in total. The molecule has 0 aliphatic carbocycles. The van der Waals surface area contributed by atoms with Crippen LogP contribution in [0.2, 0.25) is 0 Å². The van der Waals surface area contributed by atoms with Crippen molar-refractivity contribution in [2.24, 2.45) is 0 Å². The van der Waals surface area contributed by atoms with E-state index in [-0.39, 0.29) is 18.5 Å². The minimum Gasteiger partial charge on any atom is -0.334 e. The van der Waals surface area contributed by atoms with Crippen LogP contribution < -0.4 is 0 Å². The van der Waals surface area contributed by atoms with Crippen LogP contribution in [0, 0.1) is 0 Å². The lowest BCUT2D eigenvalue weighted by Crippen LogP contribution is -2.33. The predicted molar refractivity (Wildman–Crippen MR) is 85.5 cm³/mol. The Morgan fingerprint density at radius 1 is 1.17 bits per heavy atom. The molecular formula is C17H17N5O. The molecule has 1 unspecified atom stereocenters. The minimum absolute atomic E-state index is 0.0627. The molecule has 2 aromatic carbocycles. The van der Waals surface area contributed by atoms with Crippen molar-refractivity contribution >= 4 is 16.7 Å². The standard InChI is InChI=1S/C17H17N5O/c23-17(11-21-12-18-19-20-21)22-10-4-9-16(22)15-8-3-6-13-5-1-2-7-14(13)15/h1-3,5-8,12,16H,4,9-11H2. The summed E-state index contributed by atoms with van der Waals surface area (Å²) >= 11 is 0. The SMILES string of the molecule is O=C(Cn1cnnn1)N1CCCC1c1cccc2ccccc12. The first-order chi connectivity index (χ1) is 11.3. The molecule has 1 fully saturated rings. The Balaban J connectivity index is 1.65. The van der Waals surface area contributed by atoms with Crippen LogP contribution in [0.1, 0.15) is 24.4 Å². The van der Waals surface area contributed by atoms with Gasteiger partial charge in [0.1, 0.15) is 12.9 Å². The van der Waals surface area contributed by atoms with Gasteiger partial charge < -0.3 is 4.90 Å². The van der Waals surface area contributed by atoms with Gasteiger partial charge in [0.25, 0.3) is 0 Å². The molecule has 1 amide bonds. The summed E-state index contributed by atoms with van der Waals surface area (Å²) in [6.07, 6.45) is 3.49. The second-order valence-corrected chi connectivity index (χ2v) is 5.82. The highest BCUT2D eigenvalue weighted by Crippen LogP contribution is 2.35. The highest BCUT2D eigenvalue weighted by molar-refractivity contribution is 5.87. The van der Waals surface area contributed by atoms with Crippen molar-refractivity contribution in [3.05, 3.63) is 54.4 Å². The summed E-state index contributed by atoms with van der Waals surface area (Å²) in [5.74, 6) is 0.0627. The van der Waals surface area contributed by atoms with Gasteiger partial charge in [-0.3, -0.25) is 4.79 Å². The smallest absolute Gasteiger partial charge is 0.244 e. The van der Waals surface area contributed by atoms with E-state index < -0.39 is 0 Å². The fourth-order valence-corrected chi connectivity index (χ4v) is 3.41. The molecule has 116 valence electrons. The molecular weight excluding hydrogens is 290 g/mol. The van der Waals surface area contributed by atoms with Crippen LogP contribution in [0.25, 0.3) is 10.8 Å². The van der Waals surface area contributed by atoms with Gasteiger partial charge in [0.15, 0.2) is 0 Å². The zero-order chi connectivity index (χ0) is 15.6. The Morgan fingerprint density at radius 3 is 2.91 bits per heavy atom. The Labute approximate surface area is 133 Å². The second kappa shape index (κ2) is 5.79. The zero-order valence-corrected chi connectivity index (χ0v) is 12.7. The van der Waals surface area contributed by atoms with Crippen molar-refractivity contribution in [3.63, 3.8) is 0 Å². The summed E-state index contributed by atoms with van der Waals surface area (Å²) in [5.41, 5.74) is 1.23. The summed E-state index contributed by atoms with van der Waals surface area (Å²) < 4.78 is 1.47. The zero-order valence-electron chi connectivity index (χ0n) is 12.7. The number of hydrogen-bond acceptors (Lipinski definition) is 4. The average Bonchev–Trinajstić information content (AvgIpc) is 3.25. The van der Waals surface area contributed by atoms with Crippen LogP contribution in [0.5, 0.6) is 0 Å². The van der Waals surface area contributed by atoms with Crippen molar-refractivity contribution in [2.75, 3.05) is 6.54 Å². The Hall–Kier alpha value is -2.76. The van der Waals surface area contributed by atoms with Gasteiger partial charge >= 0.3 is 0 Å². The Bertz CT molecular complexity index is 825. The van der Waals surface area contributed by atoms with E-state index in [1.807, 2.05) is 17.0 Å². The lowest BCUT2D eigenvalue weighted by Gasteiger charge is -2.26. The molecule has 6 nitrogen and oxygen atoms in total. The summed E-state index contributed by atoms with van der Waals surface area (Å²) in [5, 5.41) is 13.4. The number of carbonyl (C=O) groups is 1. The molecule has 6 heteroatoms. The van der Waals surface area contributed by atoms with Crippen LogP contribution in [0.15, 0.2) is 48.8 Å². The molecule has 0 bridgehead atoms. The van der Waals surface area contributed by atoms with Gasteiger partial charge in [0.05, 0.1) is 6.04 Å². The third kappa shape index (κ3) is 2.56.